The van der Waals surface area contributed by atoms with Gasteiger partial charge < -0.3 is 15.1 Å². The summed E-state index contributed by atoms with van der Waals surface area (Å²) in [5.74, 6) is 0.982. The zero-order chi connectivity index (χ0) is 17.5. The standard InChI is InChI=1S/C17H34N6O.HI/c1-5-18-17(20(4)14-16(24)22(6-2)7-3)19-12-15-13-21-8-10-23(15)11-9-21;/h15H,5-14H2,1-4H3,(H,18,19);1H. The minimum atomic E-state index is 0. The van der Waals surface area contributed by atoms with E-state index < -0.39 is 0 Å². The van der Waals surface area contributed by atoms with Crippen molar-refractivity contribution in [1.29, 1.82) is 0 Å². The average Bonchev–Trinajstić information content (AvgIpc) is 2.60. The summed E-state index contributed by atoms with van der Waals surface area (Å²) in [4.78, 5) is 26.0. The maximum Gasteiger partial charge on any atom is 0.242 e. The Kier molecular flexibility index (Phi) is 10.0. The molecule has 1 atom stereocenters. The topological polar surface area (TPSA) is 54.4 Å². The second-order valence-electron chi connectivity index (χ2n) is 6.61. The van der Waals surface area contributed by atoms with Gasteiger partial charge in [-0.2, -0.15) is 0 Å². The lowest BCUT2D eigenvalue weighted by Gasteiger charge is -2.47. The van der Waals surface area contributed by atoms with Crippen LogP contribution in [0.25, 0.3) is 0 Å². The van der Waals surface area contributed by atoms with Crippen LogP contribution in [0.3, 0.4) is 0 Å². The van der Waals surface area contributed by atoms with E-state index in [9.17, 15) is 4.79 Å². The molecule has 0 aromatic carbocycles. The minimum Gasteiger partial charge on any atom is -0.357 e. The van der Waals surface area contributed by atoms with Crippen molar-refractivity contribution in [2.75, 3.05) is 72.5 Å². The number of halogens is 1. The van der Waals surface area contributed by atoms with E-state index in [0.29, 0.717) is 12.6 Å². The molecule has 0 spiro atoms. The van der Waals surface area contributed by atoms with E-state index in [4.69, 9.17) is 4.99 Å². The highest BCUT2D eigenvalue weighted by Gasteiger charge is 2.31. The number of rotatable bonds is 7. The molecule has 0 aromatic heterocycles. The monoisotopic (exact) mass is 466 g/mol. The smallest absolute Gasteiger partial charge is 0.242 e. The molecule has 3 rings (SSSR count). The molecule has 1 amide bonds. The molecule has 25 heavy (non-hydrogen) atoms. The predicted octanol–water partition coefficient (Wildman–Crippen LogP) is 0.370. The van der Waals surface area contributed by atoms with Crippen LogP contribution in [-0.2, 0) is 4.79 Å². The first-order valence-corrected chi connectivity index (χ1v) is 9.32. The van der Waals surface area contributed by atoms with Crippen LogP contribution < -0.4 is 5.32 Å². The van der Waals surface area contributed by atoms with Crippen LogP contribution in [0.4, 0.5) is 0 Å². The molecule has 1 unspecified atom stereocenters. The second-order valence-corrected chi connectivity index (χ2v) is 6.61. The highest BCUT2D eigenvalue weighted by Crippen LogP contribution is 2.15. The third-order valence-corrected chi connectivity index (χ3v) is 5.03. The Morgan fingerprint density at radius 1 is 1.16 bits per heavy atom. The van der Waals surface area contributed by atoms with Gasteiger partial charge in [0, 0.05) is 65.4 Å². The third kappa shape index (κ3) is 6.25. The fourth-order valence-electron chi connectivity index (χ4n) is 3.51. The van der Waals surface area contributed by atoms with Gasteiger partial charge in [-0.3, -0.25) is 19.6 Å². The number of piperazine rings is 3. The van der Waals surface area contributed by atoms with Gasteiger partial charge in [0.25, 0.3) is 0 Å². The number of nitrogens with one attached hydrogen (secondary N) is 1. The van der Waals surface area contributed by atoms with Gasteiger partial charge in [-0.1, -0.05) is 0 Å². The van der Waals surface area contributed by atoms with Crippen molar-refractivity contribution in [1.82, 2.24) is 24.9 Å². The maximum absolute atomic E-state index is 12.3. The first-order valence-electron chi connectivity index (χ1n) is 9.32. The SMILES string of the molecule is CCNC(=NCC1CN2CCN1CC2)N(C)CC(=O)N(CC)CC.I. The summed E-state index contributed by atoms with van der Waals surface area (Å²) < 4.78 is 0. The molecule has 0 aliphatic carbocycles. The number of likely N-dealkylation sites (N-methyl/N-ethyl adjacent to an activating group) is 2. The number of carbonyl (C=O) groups is 1. The lowest BCUT2D eigenvalue weighted by Crippen LogP contribution is -2.62. The van der Waals surface area contributed by atoms with Crippen LogP contribution >= 0.6 is 24.0 Å². The van der Waals surface area contributed by atoms with Crippen molar-refractivity contribution in [3.8, 4) is 0 Å². The molecule has 3 fully saturated rings. The summed E-state index contributed by atoms with van der Waals surface area (Å²) in [7, 11) is 1.94. The van der Waals surface area contributed by atoms with E-state index in [1.807, 2.05) is 30.7 Å². The largest absolute Gasteiger partial charge is 0.357 e. The van der Waals surface area contributed by atoms with Gasteiger partial charge in [0.1, 0.15) is 0 Å². The van der Waals surface area contributed by atoms with Gasteiger partial charge in [-0.15, -0.1) is 24.0 Å². The van der Waals surface area contributed by atoms with Crippen molar-refractivity contribution < 1.29 is 4.79 Å². The van der Waals surface area contributed by atoms with Crippen molar-refractivity contribution >= 4 is 35.8 Å². The Balaban J connectivity index is 0.00000312. The van der Waals surface area contributed by atoms with E-state index in [-0.39, 0.29) is 29.9 Å². The minimum absolute atomic E-state index is 0. The van der Waals surface area contributed by atoms with Gasteiger partial charge in [-0.05, 0) is 20.8 Å². The summed E-state index contributed by atoms with van der Waals surface area (Å²) in [6.07, 6.45) is 0. The van der Waals surface area contributed by atoms with Crippen molar-refractivity contribution in [2.45, 2.75) is 26.8 Å². The van der Waals surface area contributed by atoms with E-state index >= 15 is 0 Å². The Labute approximate surface area is 169 Å². The molecular formula is C17H35IN6O. The molecule has 0 aromatic rings. The van der Waals surface area contributed by atoms with E-state index in [0.717, 1.165) is 51.8 Å². The number of hydrogen-bond donors (Lipinski definition) is 1. The molecule has 3 saturated heterocycles. The molecule has 1 N–H and O–H groups in total. The first kappa shape index (κ1) is 22.4. The second kappa shape index (κ2) is 11.2. The lowest BCUT2D eigenvalue weighted by molar-refractivity contribution is -0.131. The van der Waals surface area contributed by atoms with Crippen LogP contribution in [-0.4, -0.2) is 110 Å². The van der Waals surface area contributed by atoms with Gasteiger partial charge in [-0.25, -0.2) is 0 Å². The van der Waals surface area contributed by atoms with Crippen molar-refractivity contribution in [3.05, 3.63) is 0 Å². The predicted molar refractivity (Wildman–Crippen MR) is 114 cm³/mol. The van der Waals surface area contributed by atoms with Crippen LogP contribution in [0.15, 0.2) is 4.99 Å². The zero-order valence-corrected chi connectivity index (χ0v) is 18.5. The molecule has 3 heterocycles. The van der Waals surface area contributed by atoms with E-state index in [1.165, 1.54) is 13.1 Å². The normalized spacial score (nSPS) is 25.3. The van der Waals surface area contributed by atoms with E-state index in [2.05, 4.69) is 22.0 Å². The zero-order valence-electron chi connectivity index (χ0n) is 16.2. The molecule has 2 bridgehead atoms. The van der Waals surface area contributed by atoms with Gasteiger partial charge in [0.2, 0.25) is 5.91 Å². The van der Waals surface area contributed by atoms with E-state index in [1.54, 1.807) is 0 Å². The van der Waals surface area contributed by atoms with Crippen molar-refractivity contribution in [3.63, 3.8) is 0 Å². The van der Waals surface area contributed by atoms with Gasteiger partial charge >= 0.3 is 0 Å². The molecule has 3 aliphatic heterocycles. The highest BCUT2D eigenvalue weighted by atomic mass is 127. The molecular weight excluding hydrogens is 431 g/mol. The molecule has 0 saturated carbocycles. The average molecular weight is 466 g/mol. The Morgan fingerprint density at radius 3 is 2.28 bits per heavy atom. The number of aliphatic imine (C=N–C) groups is 1. The van der Waals surface area contributed by atoms with Crippen LogP contribution in [0, 0.1) is 0 Å². The number of carbonyl (C=O) groups excluding carboxylic acids is 1. The first-order chi connectivity index (χ1) is 11.6. The van der Waals surface area contributed by atoms with Crippen LogP contribution in [0.2, 0.25) is 0 Å². The summed E-state index contributed by atoms with van der Waals surface area (Å²) in [6.45, 7) is 15.4. The number of guanidine groups is 1. The summed E-state index contributed by atoms with van der Waals surface area (Å²) >= 11 is 0. The number of fused-ring (bicyclic) bond motifs is 3. The molecule has 7 nitrogen and oxygen atoms in total. The molecule has 8 heteroatoms. The summed E-state index contributed by atoms with van der Waals surface area (Å²) in [5.41, 5.74) is 0. The summed E-state index contributed by atoms with van der Waals surface area (Å²) in [6, 6.07) is 0.507. The maximum atomic E-state index is 12.3. The molecule has 146 valence electrons. The quantitative estimate of drug-likeness (QED) is 0.334. The van der Waals surface area contributed by atoms with Gasteiger partial charge in [0.05, 0.1) is 13.1 Å². The molecule has 3 aliphatic rings. The number of hydrogen-bond acceptors (Lipinski definition) is 4. The fourth-order valence-corrected chi connectivity index (χ4v) is 3.51. The third-order valence-electron chi connectivity index (χ3n) is 5.03. The Bertz CT molecular complexity index is 435. The van der Waals surface area contributed by atoms with Gasteiger partial charge in [0.15, 0.2) is 5.96 Å². The van der Waals surface area contributed by atoms with Crippen molar-refractivity contribution in [2.24, 2.45) is 4.99 Å². The lowest BCUT2D eigenvalue weighted by atomic mass is 10.1. The Hall–Kier alpha value is -0.610. The van der Waals surface area contributed by atoms with Crippen LogP contribution in [0.5, 0.6) is 0 Å². The highest BCUT2D eigenvalue weighted by molar-refractivity contribution is 14.0. The molecule has 0 radical (unpaired) electrons. The number of nitrogens with zero attached hydrogens (tertiary/aromatic N) is 5. The van der Waals surface area contributed by atoms with Crippen LogP contribution in [0.1, 0.15) is 20.8 Å². The Morgan fingerprint density at radius 2 is 1.80 bits per heavy atom. The summed E-state index contributed by atoms with van der Waals surface area (Å²) in [5, 5.41) is 3.32. The fraction of sp³-hybridized carbons (Fsp3) is 0.882. The number of amides is 1.